The van der Waals surface area contributed by atoms with Crippen LogP contribution in [0.25, 0.3) is 0 Å². The van der Waals surface area contributed by atoms with Crippen LogP contribution in [-0.4, -0.2) is 43.9 Å². The molecule has 0 unspecified atom stereocenters. The molecule has 0 radical (unpaired) electrons. The standard InChI is InChI=1S/C20H20N2O6S/c1-26-12-7-8-13(15(9-12)27-2)21-18(23)11-28-19(24)10-17-20(25)22-14-5-3-4-6-16(14)29-17/h3-9,17H,10-11H2,1-2H3,(H,21,23)(H,22,25)/t17-/m1/s1. The van der Waals surface area contributed by atoms with Gasteiger partial charge in [-0.1, -0.05) is 12.1 Å². The fraction of sp³-hybridized carbons (Fsp3) is 0.250. The molecule has 9 heteroatoms. The van der Waals surface area contributed by atoms with E-state index in [1.807, 2.05) is 18.2 Å². The summed E-state index contributed by atoms with van der Waals surface area (Å²) >= 11 is 1.30. The van der Waals surface area contributed by atoms with E-state index in [0.29, 0.717) is 17.2 Å². The van der Waals surface area contributed by atoms with Crippen LogP contribution in [0.4, 0.5) is 11.4 Å². The van der Waals surface area contributed by atoms with Crippen LogP contribution in [0, 0.1) is 0 Å². The molecule has 1 aliphatic heterocycles. The smallest absolute Gasteiger partial charge is 0.307 e. The van der Waals surface area contributed by atoms with E-state index in [4.69, 9.17) is 14.2 Å². The van der Waals surface area contributed by atoms with E-state index in [1.165, 1.54) is 26.0 Å². The van der Waals surface area contributed by atoms with Crippen molar-refractivity contribution in [1.29, 1.82) is 0 Å². The summed E-state index contributed by atoms with van der Waals surface area (Å²) in [5.74, 6) is -0.422. The lowest BCUT2D eigenvalue weighted by Gasteiger charge is -2.23. The van der Waals surface area contributed by atoms with Crippen molar-refractivity contribution in [2.24, 2.45) is 0 Å². The van der Waals surface area contributed by atoms with Crippen LogP contribution in [0.5, 0.6) is 11.5 Å². The highest BCUT2D eigenvalue weighted by molar-refractivity contribution is 8.01. The van der Waals surface area contributed by atoms with E-state index in [1.54, 1.807) is 24.3 Å². The number of anilines is 2. The number of benzene rings is 2. The monoisotopic (exact) mass is 416 g/mol. The number of carbonyl (C=O) groups excluding carboxylic acids is 3. The summed E-state index contributed by atoms with van der Waals surface area (Å²) in [7, 11) is 2.99. The first-order valence-corrected chi connectivity index (χ1v) is 9.62. The minimum atomic E-state index is -0.631. The molecule has 2 N–H and O–H groups in total. The summed E-state index contributed by atoms with van der Waals surface area (Å²) in [4.78, 5) is 37.2. The molecule has 1 aliphatic rings. The van der Waals surface area contributed by atoms with Gasteiger partial charge in [-0.05, 0) is 24.3 Å². The zero-order valence-electron chi connectivity index (χ0n) is 15.9. The molecule has 0 aromatic heterocycles. The van der Waals surface area contributed by atoms with E-state index in [2.05, 4.69) is 10.6 Å². The van der Waals surface area contributed by atoms with Gasteiger partial charge < -0.3 is 24.8 Å². The number of ether oxygens (including phenoxy) is 3. The van der Waals surface area contributed by atoms with Crippen molar-refractivity contribution in [2.75, 3.05) is 31.5 Å². The second-order valence-electron chi connectivity index (χ2n) is 6.07. The normalized spacial score (nSPS) is 15.0. The maximum absolute atomic E-state index is 12.2. The first-order chi connectivity index (χ1) is 14.0. The third-order valence-corrected chi connectivity index (χ3v) is 5.38. The maximum atomic E-state index is 12.2. The van der Waals surface area contributed by atoms with Crippen molar-refractivity contribution >= 4 is 40.9 Å². The molecule has 8 nitrogen and oxygen atoms in total. The molecule has 1 heterocycles. The quantitative estimate of drug-likeness (QED) is 0.669. The fourth-order valence-corrected chi connectivity index (χ4v) is 3.77. The maximum Gasteiger partial charge on any atom is 0.307 e. The number of carbonyl (C=O) groups is 3. The molecule has 1 atom stereocenters. The molecular weight excluding hydrogens is 396 g/mol. The van der Waals surface area contributed by atoms with Crippen molar-refractivity contribution in [3.05, 3.63) is 42.5 Å². The van der Waals surface area contributed by atoms with Gasteiger partial charge in [0.15, 0.2) is 6.61 Å². The molecule has 2 aromatic rings. The van der Waals surface area contributed by atoms with E-state index >= 15 is 0 Å². The zero-order chi connectivity index (χ0) is 20.8. The SMILES string of the molecule is COc1ccc(NC(=O)COC(=O)C[C@H]2Sc3ccccc3NC2=O)c(OC)c1. The molecule has 0 fully saturated rings. The Bertz CT molecular complexity index is 933. The average molecular weight is 416 g/mol. The second kappa shape index (κ2) is 9.33. The zero-order valence-corrected chi connectivity index (χ0v) is 16.7. The van der Waals surface area contributed by atoms with Crippen molar-refractivity contribution in [2.45, 2.75) is 16.6 Å². The van der Waals surface area contributed by atoms with E-state index in [9.17, 15) is 14.4 Å². The molecule has 152 valence electrons. The summed E-state index contributed by atoms with van der Waals surface area (Å²) in [5, 5.41) is 4.77. The van der Waals surface area contributed by atoms with Gasteiger partial charge in [-0.25, -0.2) is 0 Å². The van der Waals surface area contributed by atoms with Crippen LogP contribution in [0.15, 0.2) is 47.4 Å². The van der Waals surface area contributed by atoms with Crippen molar-refractivity contribution in [3.8, 4) is 11.5 Å². The number of esters is 1. The molecule has 29 heavy (non-hydrogen) atoms. The number of amides is 2. The Kier molecular flexibility index (Phi) is 6.61. The van der Waals surface area contributed by atoms with Crippen LogP contribution in [0.1, 0.15) is 6.42 Å². The Labute approximate surface area is 171 Å². The number of para-hydroxylation sites is 1. The summed E-state index contributed by atoms with van der Waals surface area (Å²) in [6.45, 7) is -0.469. The highest BCUT2D eigenvalue weighted by Crippen LogP contribution is 2.36. The third-order valence-electron chi connectivity index (χ3n) is 4.11. The van der Waals surface area contributed by atoms with Gasteiger partial charge in [0.2, 0.25) is 5.91 Å². The number of hydrogen-bond acceptors (Lipinski definition) is 7. The Morgan fingerprint density at radius 2 is 1.93 bits per heavy atom. The predicted molar refractivity (Wildman–Crippen MR) is 108 cm³/mol. The van der Waals surface area contributed by atoms with Gasteiger partial charge in [0.1, 0.15) is 11.5 Å². The third kappa shape index (κ3) is 5.20. The Morgan fingerprint density at radius 3 is 2.69 bits per heavy atom. The highest BCUT2D eigenvalue weighted by atomic mass is 32.2. The molecule has 0 aliphatic carbocycles. The Morgan fingerprint density at radius 1 is 1.14 bits per heavy atom. The number of methoxy groups -OCH3 is 2. The molecular formula is C20H20N2O6S. The van der Waals surface area contributed by atoms with Gasteiger partial charge >= 0.3 is 5.97 Å². The lowest BCUT2D eigenvalue weighted by Crippen LogP contribution is -2.32. The Balaban J connectivity index is 1.51. The molecule has 0 saturated carbocycles. The van der Waals surface area contributed by atoms with Crippen LogP contribution in [0.3, 0.4) is 0 Å². The lowest BCUT2D eigenvalue weighted by atomic mass is 10.2. The van der Waals surface area contributed by atoms with Gasteiger partial charge in [0, 0.05) is 11.0 Å². The van der Waals surface area contributed by atoms with Crippen LogP contribution in [0.2, 0.25) is 0 Å². The average Bonchev–Trinajstić information content (AvgIpc) is 2.73. The van der Waals surface area contributed by atoms with Crippen LogP contribution in [-0.2, 0) is 19.1 Å². The number of rotatable bonds is 7. The van der Waals surface area contributed by atoms with Crippen molar-refractivity contribution in [1.82, 2.24) is 0 Å². The Hall–Kier alpha value is -3.20. The van der Waals surface area contributed by atoms with Gasteiger partial charge in [0.05, 0.1) is 37.3 Å². The largest absolute Gasteiger partial charge is 0.497 e. The molecule has 0 spiro atoms. The molecule has 0 bridgehead atoms. The van der Waals surface area contributed by atoms with Gasteiger partial charge in [-0.2, -0.15) is 0 Å². The van der Waals surface area contributed by atoms with Crippen LogP contribution < -0.4 is 20.1 Å². The van der Waals surface area contributed by atoms with Crippen molar-refractivity contribution in [3.63, 3.8) is 0 Å². The fourth-order valence-electron chi connectivity index (χ4n) is 2.67. The summed E-state index contributed by atoms with van der Waals surface area (Å²) < 4.78 is 15.3. The predicted octanol–water partition coefficient (Wildman–Crippen LogP) is 2.69. The topological polar surface area (TPSA) is 103 Å². The van der Waals surface area contributed by atoms with Gasteiger partial charge in [-0.3, -0.25) is 14.4 Å². The first-order valence-electron chi connectivity index (χ1n) is 8.74. The van der Waals surface area contributed by atoms with Gasteiger partial charge in [-0.15, -0.1) is 11.8 Å². The van der Waals surface area contributed by atoms with Crippen molar-refractivity contribution < 1.29 is 28.6 Å². The summed E-state index contributed by atoms with van der Waals surface area (Å²) in [6.07, 6.45) is -0.135. The number of nitrogens with one attached hydrogen (secondary N) is 2. The highest BCUT2D eigenvalue weighted by Gasteiger charge is 2.29. The van der Waals surface area contributed by atoms with E-state index in [-0.39, 0.29) is 12.3 Å². The van der Waals surface area contributed by atoms with E-state index < -0.39 is 23.7 Å². The molecule has 2 aromatic carbocycles. The number of fused-ring (bicyclic) bond motifs is 1. The molecule has 0 saturated heterocycles. The minimum absolute atomic E-state index is 0.135. The molecule has 3 rings (SSSR count). The summed E-state index contributed by atoms with van der Waals surface area (Å²) in [5.41, 5.74) is 1.15. The first kappa shape index (κ1) is 20.5. The number of thioether (sulfide) groups is 1. The second-order valence-corrected chi connectivity index (χ2v) is 7.32. The van der Waals surface area contributed by atoms with Crippen LogP contribution >= 0.6 is 11.8 Å². The lowest BCUT2D eigenvalue weighted by molar-refractivity contribution is -0.147. The summed E-state index contributed by atoms with van der Waals surface area (Å²) in [6, 6.07) is 12.3. The van der Waals surface area contributed by atoms with E-state index in [0.717, 1.165) is 10.6 Å². The van der Waals surface area contributed by atoms with Gasteiger partial charge in [0.25, 0.3) is 5.91 Å². The minimum Gasteiger partial charge on any atom is -0.497 e. The number of hydrogen-bond donors (Lipinski definition) is 2. The molecule has 2 amide bonds.